The van der Waals surface area contributed by atoms with Crippen LogP contribution in [0.15, 0.2) is 23.1 Å². The van der Waals surface area contributed by atoms with E-state index in [0.717, 1.165) is 25.3 Å². The van der Waals surface area contributed by atoms with Gasteiger partial charge in [-0.2, -0.15) is 5.26 Å². The maximum atomic E-state index is 12.1. The second-order valence-electron chi connectivity index (χ2n) is 6.23. The number of hydrogen-bond acceptors (Lipinski definition) is 6. The van der Waals surface area contributed by atoms with Crippen LogP contribution in [-0.2, 0) is 19.6 Å². The number of benzene rings is 1. The number of sulfonamides is 1. The predicted octanol–water partition coefficient (Wildman–Crippen LogP) is 1.75. The first-order valence-corrected chi connectivity index (χ1v) is 10.2. The third kappa shape index (κ3) is 5.19. The minimum Gasteiger partial charge on any atom is -0.452 e. The number of nitriles is 1. The maximum Gasteiger partial charge on any atom is 0.338 e. The number of rotatable bonds is 6. The number of amides is 1. The molecule has 0 unspecified atom stereocenters. The smallest absolute Gasteiger partial charge is 0.338 e. The summed E-state index contributed by atoms with van der Waals surface area (Å²) in [6, 6.07) is 5.78. The van der Waals surface area contributed by atoms with Crippen LogP contribution in [-0.4, -0.2) is 39.5 Å². The van der Waals surface area contributed by atoms with E-state index in [1.807, 2.05) is 0 Å². The van der Waals surface area contributed by atoms with Crippen LogP contribution in [0.4, 0.5) is 0 Å². The Balaban J connectivity index is 2.02. The van der Waals surface area contributed by atoms with Crippen molar-refractivity contribution in [3.05, 3.63) is 28.8 Å². The van der Waals surface area contributed by atoms with Crippen LogP contribution < -0.4 is 10.0 Å². The molecule has 0 saturated heterocycles. The first-order valence-electron chi connectivity index (χ1n) is 8.35. The van der Waals surface area contributed by atoms with E-state index in [2.05, 4.69) is 16.1 Å². The summed E-state index contributed by atoms with van der Waals surface area (Å²) in [4.78, 5) is 23.9. The Morgan fingerprint density at radius 1 is 1.30 bits per heavy atom. The molecule has 10 heteroatoms. The highest BCUT2D eigenvalue weighted by molar-refractivity contribution is 7.89. The van der Waals surface area contributed by atoms with Gasteiger partial charge in [0, 0.05) is 0 Å². The molecule has 2 rings (SSSR count). The largest absolute Gasteiger partial charge is 0.452 e. The number of nitrogens with zero attached hydrogens (tertiary/aromatic N) is 1. The molecule has 0 aliphatic heterocycles. The zero-order chi connectivity index (χ0) is 20.1. The zero-order valence-electron chi connectivity index (χ0n) is 14.7. The number of carbonyl (C=O) groups excluding carboxylic acids is 2. The SMILES string of the molecule is CNS(=O)(=O)c1cc(C(=O)OCC(=O)NC2(C#N)CCCCC2)ccc1Cl. The summed E-state index contributed by atoms with van der Waals surface area (Å²) < 4.78 is 30.9. The molecule has 0 atom stereocenters. The molecule has 1 aliphatic rings. The standard InChI is InChI=1S/C17H20ClN3O5S/c1-20-27(24,25)14-9-12(5-6-13(14)18)16(23)26-10-15(22)21-17(11-19)7-3-2-4-8-17/h5-6,9,20H,2-4,7-8,10H2,1H3,(H,21,22). The van der Waals surface area contributed by atoms with Crippen molar-refractivity contribution < 1.29 is 22.7 Å². The number of esters is 1. The molecule has 1 aromatic carbocycles. The second kappa shape index (κ2) is 8.69. The van der Waals surface area contributed by atoms with Gasteiger partial charge >= 0.3 is 5.97 Å². The molecular weight excluding hydrogens is 394 g/mol. The van der Waals surface area contributed by atoms with Crippen molar-refractivity contribution in [1.82, 2.24) is 10.0 Å². The third-order valence-corrected chi connectivity index (χ3v) is 6.26. The highest BCUT2D eigenvalue weighted by Crippen LogP contribution is 2.27. The van der Waals surface area contributed by atoms with Gasteiger partial charge in [-0.15, -0.1) is 0 Å². The number of halogens is 1. The first-order chi connectivity index (χ1) is 12.7. The van der Waals surface area contributed by atoms with E-state index in [0.29, 0.717) is 12.8 Å². The van der Waals surface area contributed by atoms with Gasteiger partial charge in [0.05, 0.1) is 16.7 Å². The fraction of sp³-hybridized carbons (Fsp3) is 0.471. The summed E-state index contributed by atoms with van der Waals surface area (Å²) >= 11 is 5.87. The van der Waals surface area contributed by atoms with Crippen molar-refractivity contribution in [3.63, 3.8) is 0 Å². The molecule has 1 aromatic rings. The van der Waals surface area contributed by atoms with Gasteiger partial charge in [0.25, 0.3) is 5.91 Å². The minimum atomic E-state index is -3.85. The molecule has 0 bridgehead atoms. The topological polar surface area (TPSA) is 125 Å². The van der Waals surface area contributed by atoms with Crippen LogP contribution in [0.2, 0.25) is 5.02 Å². The molecular formula is C17H20ClN3O5S. The van der Waals surface area contributed by atoms with Crippen molar-refractivity contribution >= 4 is 33.5 Å². The summed E-state index contributed by atoms with van der Waals surface area (Å²) in [5.74, 6) is -1.45. The zero-order valence-corrected chi connectivity index (χ0v) is 16.3. The monoisotopic (exact) mass is 413 g/mol. The number of hydrogen-bond donors (Lipinski definition) is 2. The van der Waals surface area contributed by atoms with Crippen LogP contribution >= 0.6 is 11.6 Å². The molecule has 1 amide bonds. The van der Waals surface area contributed by atoms with Gasteiger partial charge in [0.2, 0.25) is 10.0 Å². The number of ether oxygens (including phenoxy) is 1. The minimum absolute atomic E-state index is 0.0492. The van der Waals surface area contributed by atoms with Gasteiger partial charge in [-0.3, -0.25) is 4.79 Å². The van der Waals surface area contributed by atoms with E-state index in [4.69, 9.17) is 16.3 Å². The number of nitrogens with one attached hydrogen (secondary N) is 2. The van der Waals surface area contributed by atoms with Crippen molar-refractivity contribution in [2.75, 3.05) is 13.7 Å². The van der Waals surface area contributed by atoms with E-state index >= 15 is 0 Å². The van der Waals surface area contributed by atoms with E-state index in [-0.39, 0.29) is 15.5 Å². The number of carbonyl (C=O) groups is 2. The van der Waals surface area contributed by atoms with Crippen LogP contribution in [0.1, 0.15) is 42.5 Å². The summed E-state index contributed by atoms with van der Waals surface area (Å²) in [5.41, 5.74) is -0.982. The lowest BCUT2D eigenvalue weighted by atomic mass is 9.83. The lowest BCUT2D eigenvalue weighted by Gasteiger charge is -2.31. The van der Waals surface area contributed by atoms with E-state index in [1.165, 1.54) is 19.2 Å². The lowest BCUT2D eigenvalue weighted by Crippen LogP contribution is -2.50. The molecule has 0 spiro atoms. The molecule has 2 N–H and O–H groups in total. The average molecular weight is 414 g/mol. The van der Waals surface area contributed by atoms with E-state index in [9.17, 15) is 23.3 Å². The Kier molecular flexibility index (Phi) is 6.81. The molecule has 1 fully saturated rings. The molecule has 0 radical (unpaired) electrons. The Hall–Kier alpha value is -2.15. The summed E-state index contributed by atoms with van der Waals surface area (Å²) in [7, 11) is -2.63. The average Bonchev–Trinajstić information content (AvgIpc) is 2.67. The Bertz CT molecular complexity index is 873. The molecule has 0 heterocycles. The van der Waals surface area contributed by atoms with Crippen molar-refractivity contribution in [2.24, 2.45) is 0 Å². The van der Waals surface area contributed by atoms with Crippen molar-refractivity contribution in [3.8, 4) is 6.07 Å². The molecule has 8 nitrogen and oxygen atoms in total. The maximum absolute atomic E-state index is 12.1. The fourth-order valence-corrected chi connectivity index (χ4v) is 4.13. The molecule has 27 heavy (non-hydrogen) atoms. The lowest BCUT2D eigenvalue weighted by molar-refractivity contribution is -0.125. The summed E-state index contributed by atoms with van der Waals surface area (Å²) in [6.45, 7) is -0.570. The van der Waals surface area contributed by atoms with Gasteiger partial charge in [-0.05, 0) is 38.1 Å². The van der Waals surface area contributed by atoms with E-state index < -0.39 is 34.0 Å². The Morgan fingerprint density at radius 2 is 1.96 bits per heavy atom. The van der Waals surface area contributed by atoms with Gasteiger partial charge in [-0.25, -0.2) is 17.9 Å². The predicted molar refractivity (Wildman–Crippen MR) is 97.6 cm³/mol. The third-order valence-electron chi connectivity index (χ3n) is 4.36. The second-order valence-corrected chi connectivity index (χ2v) is 8.49. The van der Waals surface area contributed by atoms with Crippen molar-refractivity contribution in [2.45, 2.75) is 42.5 Å². The normalized spacial score (nSPS) is 16.2. The van der Waals surface area contributed by atoms with Crippen LogP contribution in [0.5, 0.6) is 0 Å². The van der Waals surface area contributed by atoms with Gasteiger partial charge in [0.1, 0.15) is 10.4 Å². The van der Waals surface area contributed by atoms with E-state index in [1.54, 1.807) is 0 Å². The van der Waals surface area contributed by atoms with Crippen molar-refractivity contribution in [1.29, 1.82) is 5.26 Å². The molecule has 0 aromatic heterocycles. The molecule has 1 aliphatic carbocycles. The molecule has 146 valence electrons. The van der Waals surface area contributed by atoms with Crippen LogP contribution in [0.25, 0.3) is 0 Å². The molecule has 1 saturated carbocycles. The highest BCUT2D eigenvalue weighted by atomic mass is 35.5. The summed E-state index contributed by atoms with van der Waals surface area (Å²) in [5, 5.41) is 11.9. The Morgan fingerprint density at radius 3 is 2.56 bits per heavy atom. The van der Waals surface area contributed by atoms with Gasteiger partial charge in [0.15, 0.2) is 6.61 Å². The fourth-order valence-electron chi connectivity index (χ4n) is 2.88. The highest BCUT2D eigenvalue weighted by Gasteiger charge is 2.33. The Labute approximate surface area is 162 Å². The quantitative estimate of drug-likeness (QED) is 0.684. The summed E-state index contributed by atoms with van der Waals surface area (Å²) in [6.07, 6.45) is 3.84. The van der Waals surface area contributed by atoms with Gasteiger partial charge < -0.3 is 10.1 Å². The van der Waals surface area contributed by atoms with Gasteiger partial charge in [-0.1, -0.05) is 30.9 Å². The van der Waals surface area contributed by atoms with Crippen LogP contribution in [0, 0.1) is 11.3 Å². The first kappa shape index (κ1) is 21.2. The van der Waals surface area contributed by atoms with Crippen LogP contribution in [0.3, 0.4) is 0 Å².